The van der Waals surface area contributed by atoms with Gasteiger partial charge in [-0.1, -0.05) is 6.07 Å². The van der Waals surface area contributed by atoms with E-state index in [-0.39, 0.29) is 11.9 Å². The van der Waals surface area contributed by atoms with E-state index in [4.69, 9.17) is 0 Å². The lowest BCUT2D eigenvalue weighted by Crippen LogP contribution is -2.36. The van der Waals surface area contributed by atoms with Crippen molar-refractivity contribution in [2.24, 2.45) is 0 Å². The maximum atomic E-state index is 12.2. The van der Waals surface area contributed by atoms with E-state index in [1.54, 1.807) is 0 Å². The predicted molar refractivity (Wildman–Crippen MR) is 73.4 cm³/mol. The van der Waals surface area contributed by atoms with Gasteiger partial charge in [0.2, 0.25) is 5.91 Å². The Hall–Kier alpha value is -0.870. The number of nitrogens with one attached hydrogen (secondary N) is 1. The molecule has 1 N–H and O–H groups in total. The van der Waals surface area contributed by atoms with Crippen LogP contribution in [0, 0.1) is 13.8 Å². The number of nitrogens with zero attached hydrogens (tertiary/aromatic N) is 1. The van der Waals surface area contributed by atoms with Crippen LogP contribution in [0.25, 0.3) is 0 Å². The van der Waals surface area contributed by atoms with Crippen molar-refractivity contribution in [3.8, 4) is 0 Å². The molecule has 1 fully saturated rings. The van der Waals surface area contributed by atoms with E-state index in [0.29, 0.717) is 0 Å². The van der Waals surface area contributed by atoms with Crippen molar-refractivity contribution in [2.75, 3.05) is 18.5 Å². The normalized spacial score (nSPS) is 20.1. The number of amides is 1. The Bertz CT molecular complexity index is 436. The molecule has 1 aromatic rings. The summed E-state index contributed by atoms with van der Waals surface area (Å²) in [7, 11) is 1.84. The summed E-state index contributed by atoms with van der Waals surface area (Å²) >= 11 is 3.56. The fourth-order valence-corrected chi connectivity index (χ4v) is 3.31. The molecule has 0 aromatic heterocycles. The van der Waals surface area contributed by atoms with Gasteiger partial charge in [-0.25, -0.2) is 0 Å². The van der Waals surface area contributed by atoms with Crippen molar-refractivity contribution in [1.29, 1.82) is 0 Å². The lowest BCUT2D eigenvalue weighted by atomic mass is 10.1. The highest BCUT2D eigenvalue weighted by Gasteiger charge is 2.32. The van der Waals surface area contributed by atoms with Gasteiger partial charge in [0, 0.05) is 11.0 Å². The average molecular weight is 297 g/mol. The molecule has 1 unspecified atom stereocenters. The fraction of sp³-hybridized carbons (Fsp3) is 0.462. The van der Waals surface area contributed by atoms with Gasteiger partial charge in [-0.2, -0.15) is 0 Å². The van der Waals surface area contributed by atoms with Gasteiger partial charge in [-0.15, -0.1) is 0 Å². The molecule has 1 saturated heterocycles. The minimum Gasteiger partial charge on any atom is -0.310 e. The molecule has 1 aliphatic heterocycles. The molecule has 2 rings (SSSR count). The van der Waals surface area contributed by atoms with Crippen molar-refractivity contribution in [3.63, 3.8) is 0 Å². The van der Waals surface area contributed by atoms with Crippen molar-refractivity contribution in [3.05, 3.63) is 27.7 Å². The van der Waals surface area contributed by atoms with Crippen molar-refractivity contribution < 1.29 is 4.79 Å². The Morgan fingerprint density at radius 1 is 1.41 bits per heavy atom. The molecule has 0 bridgehead atoms. The van der Waals surface area contributed by atoms with Crippen LogP contribution >= 0.6 is 15.9 Å². The second kappa shape index (κ2) is 4.78. The molecule has 1 amide bonds. The number of hydrogen-bond donors (Lipinski definition) is 1. The van der Waals surface area contributed by atoms with Crippen LogP contribution in [0.3, 0.4) is 0 Å². The number of hydrogen-bond acceptors (Lipinski definition) is 2. The van der Waals surface area contributed by atoms with Gasteiger partial charge >= 0.3 is 0 Å². The molecular formula is C13H17BrN2O. The minimum atomic E-state index is -0.0393. The lowest BCUT2D eigenvalue weighted by Gasteiger charge is -2.21. The average Bonchev–Trinajstić information content (AvgIpc) is 2.59. The van der Waals surface area contributed by atoms with Crippen molar-refractivity contribution in [1.82, 2.24) is 5.32 Å². The van der Waals surface area contributed by atoms with E-state index in [0.717, 1.165) is 28.7 Å². The first kappa shape index (κ1) is 12.6. The summed E-state index contributed by atoms with van der Waals surface area (Å²) in [6, 6.07) is 4.13. The van der Waals surface area contributed by atoms with Gasteiger partial charge in [-0.3, -0.25) is 4.79 Å². The summed E-state index contributed by atoms with van der Waals surface area (Å²) in [5.74, 6) is 0.167. The molecule has 1 aliphatic rings. The molecule has 0 saturated carbocycles. The van der Waals surface area contributed by atoms with E-state index < -0.39 is 0 Å². The third kappa shape index (κ3) is 2.24. The number of carbonyl (C=O) groups excluding carboxylic acids is 1. The highest BCUT2D eigenvalue weighted by atomic mass is 79.9. The van der Waals surface area contributed by atoms with Crippen LogP contribution in [0.5, 0.6) is 0 Å². The van der Waals surface area contributed by atoms with E-state index in [1.807, 2.05) is 18.9 Å². The van der Waals surface area contributed by atoms with Crippen LogP contribution in [0.15, 0.2) is 16.6 Å². The van der Waals surface area contributed by atoms with Gasteiger partial charge in [0.1, 0.15) is 0 Å². The second-order valence-electron chi connectivity index (χ2n) is 4.53. The zero-order valence-electron chi connectivity index (χ0n) is 10.4. The summed E-state index contributed by atoms with van der Waals surface area (Å²) in [6.07, 6.45) is 0.870. The molecule has 17 heavy (non-hydrogen) atoms. The van der Waals surface area contributed by atoms with Gasteiger partial charge < -0.3 is 10.2 Å². The molecule has 92 valence electrons. The molecule has 1 atom stereocenters. The first-order valence-electron chi connectivity index (χ1n) is 5.80. The molecular weight excluding hydrogens is 280 g/mol. The monoisotopic (exact) mass is 296 g/mol. The van der Waals surface area contributed by atoms with Crippen molar-refractivity contribution in [2.45, 2.75) is 26.3 Å². The molecule has 1 aromatic carbocycles. The van der Waals surface area contributed by atoms with Crippen LogP contribution in [0.1, 0.15) is 17.5 Å². The number of anilines is 1. The fourth-order valence-electron chi connectivity index (χ4n) is 2.42. The van der Waals surface area contributed by atoms with E-state index >= 15 is 0 Å². The van der Waals surface area contributed by atoms with Gasteiger partial charge in [0.05, 0.1) is 11.7 Å². The van der Waals surface area contributed by atoms with Gasteiger partial charge in [-0.05, 0) is 60.4 Å². The smallest absolute Gasteiger partial charge is 0.244 e. The zero-order valence-corrected chi connectivity index (χ0v) is 12.0. The molecule has 1 heterocycles. The number of aryl methyl sites for hydroxylation is 2. The molecule has 0 aliphatic carbocycles. The Morgan fingerprint density at radius 3 is 2.65 bits per heavy atom. The minimum absolute atomic E-state index is 0.0393. The summed E-state index contributed by atoms with van der Waals surface area (Å²) in [4.78, 5) is 14.0. The van der Waals surface area contributed by atoms with Crippen LogP contribution in [0.4, 0.5) is 5.69 Å². The molecule has 3 nitrogen and oxygen atoms in total. The van der Waals surface area contributed by atoms with Crippen LogP contribution in [-0.2, 0) is 4.79 Å². The number of halogens is 1. The third-order valence-corrected chi connectivity index (χ3v) is 3.83. The summed E-state index contributed by atoms with van der Waals surface area (Å²) < 4.78 is 1.00. The van der Waals surface area contributed by atoms with E-state index in [1.165, 1.54) is 5.56 Å². The van der Waals surface area contributed by atoms with E-state index in [9.17, 15) is 4.79 Å². The standard InChI is InChI=1S/C13H17BrN2O/c1-8-6-9(2)12(10(14)7-8)16-5-4-11(15-3)13(16)17/h6-7,11,15H,4-5H2,1-3H3. The van der Waals surface area contributed by atoms with Crippen LogP contribution in [-0.4, -0.2) is 25.5 Å². The number of carbonyl (C=O) groups is 1. The summed E-state index contributed by atoms with van der Waals surface area (Å²) in [6.45, 7) is 4.89. The van der Waals surface area contributed by atoms with Crippen LogP contribution in [0.2, 0.25) is 0 Å². The maximum absolute atomic E-state index is 12.2. The number of likely N-dealkylation sites (N-methyl/N-ethyl adjacent to an activating group) is 1. The number of benzene rings is 1. The highest BCUT2D eigenvalue weighted by Crippen LogP contribution is 2.33. The summed E-state index contributed by atoms with van der Waals surface area (Å²) in [5.41, 5.74) is 3.36. The predicted octanol–water partition coefficient (Wildman–Crippen LogP) is 2.39. The van der Waals surface area contributed by atoms with E-state index in [2.05, 4.69) is 40.3 Å². The van der Waals surface area contributed by atoms with Gasteiger partial charge in [0.15, 0.2) is 0 Å². The quantitative estimate of drug-likeness (QED) is 0.909. The second-order valence-corrected chi connectivity index (χ2v) is 5.39. The maximum Gasteiger partial charge on any atom is 0.244 e. The largest absolute Gasteiger partial charge is 0.310 e. The first-order chi connectivity index (χ1) is 8.04. The highest BCUT2D eigenvalue weighted by molar-refractivity contribution is 9.10. The Morgan fingerprint density at radius 2 is 2.12 bits per heavy atom. The summed E-state index contributed by atoms with van der Waals surface area (Å²) in [5, 5.41) is 3.06. The number of rotatable bonds is 2. The van der Waals surface area contributed by atoms with Crippen LogP contribution < -0.4 is 10.2 Å². The third-order valence-electron chi connectivity index (χ3n) is 3.22. The Kier molecular flexibility index (Phi) is 3.54. The Labute approximate surface area is 110 Å². The van der Waals surface area contributed by atoms with Crippen molar-refractivity contribution >= 4 is 27.5 Å². The lowest BCUT2D eigenvalue weighted by molar-refractivity contribution is -0.118. The van der Waals surface area contributed by atoms with Gasteiger partial charge in [0.25, 0.3) is 0 Å². The molecule has 0 radical (unpaired) electrons. The SMILES string of the molecule is CNC1CCN(c2c(C)cc(C)cc2Br)C1=O. The topological polar surface area (TPSA) is 32.3 Å². The molecule has 4 heteroatoms. The zero-order chi connectivity index (χ0) is 12.6. The first-order valence-corrected chi connectivity index (χ1v) is 6.59. The molecule has 0 spiro atoms. The Balaban J connectivity index is 2.39.